The molecule has 2 atom stereocenters. The van der Waals surface area contributed by atoms with Crippen molar-refractivity contribution in [2.45, 2.75) is 19.1 Å². The Hall–Kier alpha value is -2.10. The van der Waals surface area contributed by atoms with Crippen LogP contribution in [0.15, 0.2) is 60.8 Å². The molecule has 1 heterocycles. The largest absolute Gasteiger partial charge is 0.394 e. The van der Waals surface area contributed by atoms with Crippen LogP contribution in [0.25, 0.3) is 10.9 Å². The van der Waals surface area contributed by atoms with Gasteiger partial charge in [-0.1, -0.05) is 42.0 Å². The van der Waals surface area contributed by atoms with Crippen molar-refractivity contribution in [1.82, 2.24) is 4.57 Å². The lowest BCUT2D eigenvalue weighted by Gasteiger charge is -2.25. The fourth-order valence-electron chi connectivity index (χ4n) is 2.84. The number of aryl methyl sites for hydroxylation is 1. The summed E-state index contributed by atoms with van der Waals surface area (Å²) in [5.74, 6) is 0. The molecule has 2 N–H and O–H groups in total. The first-order valence-corrected chi connectivity index (χ1v) is 7.12. The molecule has 0 spiro atoms. The minimum Gasteiger partial charge on any atom is -0.394 e. The Morgan fingerprint density at radius 2 is 1.81 bits per heavy atom. The lowest BCUT2D eigenvalue weighted by atomic mass is 10.0. The van der Waals surface area contributed by atoms with E-state index < -0.39 is 6.10 Å². The predicted molar refractivity (Wildman–Crippen MR) is 84.3 cm³/mol. The van der Waals surface area contributed by atoms with Gasteiger partial charge in [-0.15, -0.1) is 0 Å². The number of aromatic nitrogens is 1. The van der Waals surface area contributed by atoms with Gasteiger partial charge in [0.05, 0.1) is 12.6 Å². The van der Waals surface area contributed by atoms with Crippen LogP contribution in [-0.4, -0.2) is 27.5 Å². The summed E-state index contributed by atoms with van der Waals surface area (Å²) in [6.07, 6.45) is 1.13. The molecule has 0 aliphatic heterocycles. The Labute approximate surface area is 124 Å². The second kappa shape index (κ2) is 5.72. The quantitative estimate of drug-likeness (QED) is 0.772. The second-order valence-electron chi connectivity index (χ2n) is 5.39. The van der Waals surface area contributed by atoms with Crippen molar-refractivity contribution in [1.29, 1.82) is 0 Å². The van der Waals surface area contributed by atoms with Gasteiger partial charge in [0, 0.05) is 11.7 Å². The van der Waals surface area contributed by atoms with Gasteiger partial charge in [0.25, 0.3) is 0 Å². The van der Waals surface area contributed by atoms with E-state index in [0.29, 0.717) is 0 Å². The number of benzene rings is 2. The molecule has 0 bridgehead atoms. The number of aliphatic hydroxyl groups is 2. The number of rotatable bonds is 4. The maximum Gasteiger partial charge on any atom is 0.102 e. The highest BCUT2D eigenvalue weighted by Crippen LogP contribution is 2.28. The Balaban J connectivity index is 2.15. The summed E-state index contributed by atoms with van der Waals surface area (Å²) in [4.78, 5) is 0. The third kappa shape index (κ3) is 2.58. The van der Waals surface area contributed by atoms with Gasteiger partial charge in [-0.2, -0.15) is 0 Å². The first-order valence-electron chi connectivity index (χ1n) is 7.12. The fourth-order valence-corrected chi connectivity index (χ4v) is 2.84. The van der Waals surface area contributed by atoms with Crippen LogP contribution in [0.3, 0.4) is 0 Å². The molecule has 0 fully saturated rings. The highest BCUT2D eigenvalue weighted by molar-refractivity contribution is 5.81. The number of nitrogens with zero attached hydrogens (tertiary/aromatic N) is 1. The van der Waals surface area contributed by atoms with Crippen molar-refractivity contribution in [3.05, 3.63) is 71.9 Å². The number of hydrogen-bond acceptors (Lipinski definition) is 2. The number of fused-ring (bicyclic) bond motifs is 1. The summed E-state index contributed by atoms with van der Waals surface area (Å²) < 4.78 is 2.03. The van der Waals surface area contributed by atoms with E-state index >= 15 is 0 Å². The molecule has 3 aromatic rings. The Morgan fingerprint density at radius 3 is 2.52 bits per heavy atom. The molecule has 2 aromatic carbocycles. The average Bonchev–Trinajstić information content (AvgIpc) is 2.91. The molecule has 0 aliphatic rings. The van der Waals surface area contributed by atoms with Crippen LogP contribution in [0, 0.1) is 6.92 Å². The van der Waals surface area contributed by atoms with Gasteiger partial charge < -0.3 is 14.8 Å². The smallest absolute Gasteiger partial charge is 0.102 e. The van der Waals surface area contributed by atoms with Crippen molar-refractivity contribution in [2.75, 3.05) is 6.61 Å². The van der Waals surface area contributed by atoms with Crippen molar-refractivity contribution >= 4 is 10.9 Å². The van der Waals surface area contributed by atoms with Gasteiger partial charge in [-0.25, -0.2) is 0 Å². The zero-order chi connectivity index (χ0) is 14.8. The van der Waals surface area contributed by atoms with Gasteiger partial charge in [0.2, 0.25) is 0 Å². The molecule has 3 rings (SSSR count). The monoisotopic (exact) mass is 281 g/mol. The summed E-state index contributed by atoms with van der Waals surface area (Å²) in [6.45, 7) is 1.79. The molecule has 0 saturated carbocycles. The first kappa shape index (κ1) is 13.9. The lowest BCUT2D eigenvalue weighted by Crippen LogP contribution is -2.27. The summed E-state index contributed by atoms with van der Waals surface area (Å²) in [5.41, 5.74) is 3.25. The van der Waals surface area contributed by atoms with Crippen LogP contribution in [-0.2, 0) is 0 Å². The van der Waals surface area contributed by atoms with Gasteiger partial charge in [-0.3, -0.25) is 0 Å². The van der Waals surface area contributed by atoms with E-state index in [1.165, 1.54) is 5.56 Å². The highest BCUT2D eigenvalue weighted by Gasteiger charge is 2.23. The molecular formula is C18H19NO2. The van der Waals surface area contributed by atoms with Crippen LogP contribution in [0.4, 0.5) is 0 Å². The van der Waals surface area contributed by atoms with Crippen LogP contribution >= 0.6 is 0 Å². The third-order valence-corrected chi connectivity index (χ3v) is 3.87. The molecule has 0 aliphatic carbocycles. The maximum absolute atomic E-state index is 10.3. The minimum atomic E-state index is -0.843. The number of aliphatic hydroxyl groups excluding tert-OH is 2. The Bertz CT molecular complexity index is 733. The van der Waals surface area contributed by atoms with Crippen molar-refractivity contribution in [3.63, 3.8) is 0 Å². The van der Waals surface area contributed by atoms with E-state index in [2.05, 4.69) is 25.1 Å². The summed E-state index contributed by atoms with van der Waals surface area (Å²) in [6, 6.07) is 17.8. The molecule has 21 heavy (non-hydrogen) atoms. The van der Waals surface area contributed by atoms with Gasteiger partial charge in [-0.05, 0) is 36.1 Å². The maximum atomic E-state index is 10.3. The topological polar surface area (TPSA) is 45.4 Å². The summed E-state index contributed by atoms with van der Waals surface area (Å²) >= 11 is 0. The fraction of sp³-hybridized carbons (Fsp3) is 0.222. The molecule has 3 nitrogen and oxygen atoms in total. The predicted octanol–water partition coefficient (Wildman–Crippen LogP) is 2.89. The van der Waals surface area contributed by atoms with Crippen molar-refractivity contribution in [3.8, 4) is 0 Å². The van der Waals surface area contributed by atoms with Crippen LogP contribution in [0.2, 0.25) is 0 Å². The summed E-state index contributed by atoms with van der Waals surface area (Å²) in [5, 5.41) is 20.8. The normalized spacial score (nSPS) is 14.2. The molecule has 0 saturated heterocycles. The Morgan fingerprint density at radius 1 is 1.05 bits per heavy atom. The van der Waals surface area contributed by atoms with Crippen molar-refractivity contribution in [2.24, 2.45) is 0 Å². The molecule has 108 valence electrons. The van der Waals surface area contributed by atoms with E-state index in [1.54, 1.807) is 0 Å². The van der Waals surface area contributed by atoms with E-state index in [0.717, 1.165) is 16.5 Å². The van der Waals surface area contributed by atoms with Gasteiger partial charge in [0.1, 0.15) is 6.10 Å². The van der Waals surface area contributed by atoms with E-state index in [-0.39, 0.29) is 12.6 Å². The highest BCUT2D eigenvalue weighted by atomic mass is 16.3. The molecule has 3 heteroatoms. The third-order valence-electron chi connectivity index (χ3n) is 3.87. The lowest BCUT2D eigenvalue weighted by molar-refractivity contribution is 0.0654. The van der Waals surface area contributed by atoms with E-state index in [1.807, 2.05) is 47.2 Å². The summed E-state index contributed by atoms with van der Waals surface area (Å²) in [7, 11) is 0. The van der Waals surface area contributed by atoms with Crippen molar-refractivity contribution < 1.29 is 10.2 Å². The molecule has 0 unspecified atom stereocenters. The molecular weight excluding hydrogens is 262 g/mol. The molecule has 0 radical (unpaired) electrons. The van der Waals surface area contributed by atoms with E-state index in [4.69, 9.17) is 0 Å². The zero-order valence-electron chi connectivity index (χ0n) is 12.0. The SMILES string of the molecule is Cc1ccc2c(ccn2[C@@H](c2ccccc2)[C@H](O)CO)c1. The van der Waals surface area contributed by atoms with Gasteiger partial charge >= 0.3 is 0 Å². The van der Waals surface area contributed by atoms with Crippen LogP contribution < -0.4 is 0 Å². The van der Waals surface area contributed by atoms with E-state index in [9.17, 15) is 10.2 Å². The molecule has 1 aromatic heterocycles. The average molecular weight is 281 g/mol. The minimum absolute atomic E-state index is 0.273. The Kier molecular flexibility index (Phi) is 3.78. The first-order chi connectivity index (χ1) is 10.2. The second-order valence-corrected chi connectivity index (χ2v) is 5.39. The van der Waals surface area contributed by atoms with Gasteiger partial charge in [0.15, 0.2) is 0 Å². The molecule has 0 amide bonds. The zero-order valence-corrected chi connectivity index (χ0v) is 12.0. The number of hydrogen-bond donors (Lipinski definition) is 2. The standard InChI is InChI=1S/C18H19NO2/c1-13-7-8-16-15(11-13)9-10-19(16)18(17(21)12-20)14-5-3-2-4-6-14/h2-11,17-18,20-21H,12H2,1H3/t17-,18+/m1/s1. The van der Waals surface area contributed by atoms with Crippen LogP contribution in [0.5, 0.6) is 0 Å². The van der Waals surface area contributed by atoms with Crippen LogP contribution in [0.1, 0.15) is 17.2 Å².